The quantitative estimate of drug-likeness (QED) is 0.143. The molecule has 1 aliphatic carbocycles. The highest BCUT2D eigenvalue weighted by molar-refractivity contribution is 6.31. The molecule has 4 aromatic rings. The maximum Gasteiger partial charge on any atom is 0.153 e. The lowest BCUT2D eigenvalue weighted by Crippen LogP contribution is -2.73. The van der Waals surface area contributed by atoms with Gasteiger partial charge in [0.15, 0.2) is 5.78 Å². The van der Waals surface area contributed by atoms with Crippen molar-refractivity contribution in [1.29, 1.82) is 0 Å². The van der Waals surface area contributed by atoms with E-state index in [2.05, 4.69) is 126 Å². The van der Waals surface area contributed by atoms with Gasteiger partial charge in [-0.3, -0.25) is 19.5 Å². The molecule has 5 fully saturated rings. The molecule has 66 heavy (non-hydrogen) atoms. The third-order valence-electron chi connectivity index (χ3n) is 16.7. The van der Waals surface area contributed by atoms with Gasteiger partial charge in [-0.05, 0) is 122 Å². The van der Waals surface area contributed by atoms with Gasteiger partial charge >= 0.3 is 0 Å². The topological polar surface area (TPSA) is 99.6 Å². The first kappa shape index (κ1) is 47.7. The predicted molar refractivity (Wildman–Crippen MR) is 262 cm³/mol. The summed E-state index contributed by atoms with van der Waals surface area (Å²) in [6, 6.07) is 22.0. The number of carbonyl (C=O) groups is 1. The summed E-state index contributed by atoms with van der Waals surface area (Å²) in [7, 11) is 14.3. The lowest BCUT2D eigenvalue weighted by Gasteiger charge is -2.57. The summed E-state index contributed by atoms with van der Waals surface area (Å²) < 4.78 is 21.6. The maximum atomic E-state index is 17.1. The van der Waals surface area contributed by atoms with E-state index < -0.39 is 10.8 Å². The van der Waals surface area contributed by atoms with Gasteiger partial charge < -0.3 is 34.3 Å². The standard InChI is InChI=1S/C52H70Cl2N8O4/c1-11-51-45-25-43(65-10)49(51)59(6)31(2)26-55-44-24-38(22-33-12-17-36(53)18-13-33)60(7)48-40(30-64-9)57-47(52(44,48)50(51)63)32(3)62(45)28-35-14-19-37(54)23-42(35)66-39-20-15-34(16-21-39)41-27-56-46(61(41)8)29-58(4)5/h12-21,23,27,31-32,38,40,43-45,47-49,55,57H,11,22,24-26,28-30H2,1-10H3/t31-,32-,38-,40+,43+,44?,45?,47?,48?,49?,51?,52?/m0/s1. The Kier molecular flexibility index (Phi) is 13.6. The number of imidazole rings is 1. The summed E-state index contributed by atoms with van der Waals surface area (Å²) in [4.78, 5) is 31.6. The number of ether oxygens (including phenoxy) is 3. The molecule has 2 bridgehead atoms. The molecule has 0 radical (unpaired) electrons. The second-order valence-corrected chi connectivity index (χ2v) is 21.2. The zero-order valence-electron chi connectivity index (χ0n) is 40.4. The summed E-state index contributed by atoms with van der Waals surface area (Å²) in [5, 5.41) is 9.68. The Labute approximate surface area is 402 Å². The van der Waals surface area contributed by atoms with Crippen LogP contribution in [0.15, 0.2) is 72.9 Å². The molecule has 1 spiro atoms. The van der Waals surface area contributed by atoms with E-state index in [0.29, 0.717) is 41.9 Å². The van der Waals surface area contributed by atoms with Gasteiger partial charge in [-0.2, -0.15) is 0 Å². The zero-order valence-corrected chi connectivity index (χ0v) is 41.9. The second kappa shape index (κ2) is 18.8. The molecule has 4 aliphatic heterocycles. The van der Waals surface area contributed by atoms with Gasteiger partial charge in [0, 0.05) is 110 Å². The highest BCUT2D eigenvalue weighted by atomic mass is 35.5. The first-order chi connectivity index (χ1) is 31.7. The van der Waals surface area contributed by atoms with Gasteiger partial charge in [0.05, 0.1) is 42.0 Å². The van der Waals surface area contributed by atoms with Crippen molar-refractivity contribution in [3.05, 3.63) is 99.9 Å². The Hall–Kier alpha value is -3.40. The van der Waals surface area contributed by atoms with Crippen molar-refractivity contribution >= 4 is 29.0 Å². The molecular weight excluding hydrogens is 872 g/mol. The van der Waals surface area contributed by atoms with Crippen molar-refractivity contribution in [1.82, 2.24) is 39.8 Å². The number of ketones is 1. The average molecular weight is 942 g/mol. The van der Waals surface area contributed by atoms with E-state index in [4.69, 9.17) is 37.4 Å². The van der Waals surface area contributed by atoms with E-state index in [9.17, 15) is 0 Å². The molecule has 7 unspecified atom stereocenters. The van der Waals surface area contributed by atoms with Gasteiger partial charge in [-0.1, -0.05) is 48.3 Å². The number of benzene rings is 3. The molecule has 9 rings (SSSR count). The fraction of sp³-hybridized carbons (Fsp3) is 0.577. The normalized spacial score (nSPS) is 33.7. The van der Waals surface area contributed by atoms with Crippen molar-refractivity contribution < 1.29 is 19.0 Å². The average Bonchev–Trinajstić information content (AvgIpc) is 3.95. The molecule has 0 amide bonds. The largest absolute Gasteiger partial charge is 0.457 e. The van der Waals surface area contributed by atoms with Crippen LogP contribution in [-0.2, 0) is 40.8 Å². The number of rotatable bonds is 13. The number of nitrogens with one attached hydrogen (secondary N) is 2. The Morgan fingerprint density at radius 1 is 0.924 bits per heavy atom. The van der Waals surface area contributed by atoms with Crippen LogP contribution in [0.3, 0.4) is 0 Å². The third-order valence-corrected chi connectivity index (χ3v) is 17.2. The number of piperidine rings is 1. The molecule has 12 atom stereocenters. The van der Waals surface area contributed by atoms with Crippen molar-refractivity contribution in [3.63, 3.8) is 0 Å². The van der Waals surface area contributed by atoms with E-state index in [1.54, 1.807) is 7.11 Å². The molecule has 1 saturated carbocycles. The van der Waals surface area contributed by atoms with E-state index in [0.717, 1.165) is 60.0 Å². The number of hydrogen-bond acceptors (Lipinski definition) is 11. The van der Waals surface area contributed by atoms with Crippen LogP contribution in [0.4, 0.5) is 0 Å². The summed E-state index contributed by atoms with van der Waals surface area (Å²) in [5.41, 5.74) is 2.81. The van der Waals surface area contributed by atoms with Crippen LogP contribution in [0.5, 0.6) is 11.5 Å². The molecule has 5 aliphatic rings. The first-order valence-corrected chi connectivity index (χ1v) is 24.7. The highest BCUT2D eigenvalue weighted by Crippen LogP contribution is 2.61. The van der Waals surface area contributed by atoms with Crippen molar-refractivity contribution in [2.75, 3.05) is 55.6 Å². The smallest absolute Gasteiger partial charge is 0.153 e. The van der Waals surface area contributed by atoms with Crippen LogP contribution in [0.2, 0.25) is 10.0 Å². The van der Waals surface area contributed by atoms with Gasteiger partial charge in [0.2, 0.25) is 0 Å². The van der Waals surface area contributed by atoms with Crippen molar-refractivity contribution in [3.8, 4) is 22.8 Å². The minimum atomic E-state index is -0.787. The number of Topliss-reactive ketones (excluding diaryl/α,β-unsaturated/α-hetero) is 1. The molecule has 4 saturated heterocycles. The summed E-state index contributed by atoms with van der Waals surface area (Å²) in [5.74, 6) is 2.79. The highest BCUT2D eigenvalue weighted by Gasteiger charge is 2.77. The minimum absolute atomic E-state index is 0.0697. The number of aromatic nitrogens is 2. The Morgan fingerprint density at radius 3 is 2.33 bits per heavy atom. The van der Waals surface area contributed by atoms with Crippen LogP contribution < -0.4 is 15.4 Å². The fourth-order valence-electron chi connectivity index (χ4n) is 13.6. The van der Waals surface area contributed by atoms with E-state index in [1.807, 2.05) is 49.7 Å². The molecule has 5 heterocycles. The third kappa shape index (κ3) is 7.85. The fourth-order valence-corrected chi connectivity index (χ4v) is 13.9. The van der Waals surface area contributed by atoms with Crippen LogP contribution in [0.1, 0.15) is 57.0 Å². The van der Waals surface area contributed by atoms with Gasteiger partial charge in [0.1, 0.15) is 17.3 Å². The number of likely N-dealkylation sites (tertiary alicyclic amines) is 2. The molecular formula is C52H70Cl2N8O4. The molecule has 12 nitrogen and oxygen atoms in total. The molecule has 3 aromatic carbocycles. The second-order valence-electron chi connectivity index (χ2n) is 20.3. The lowest BCUT2D eigenvalue weighted by atomic mass is 9.54. The number of likely N-dealkylation sites (N-methyl/N-ethyl adjacent to an activating group) is 2. The van der Waals surface area contributed by atoms with E-state index in [1.165, 1.54) is 5.56 Å². The Bertz CT molecular complexity index is 2360. The van der Waals surface area contributed by atoms with Crippen LogP contribution in [-0.4, -0.2) is 151 Å². The summed E-state index contributed by atoms with van der Waals surface area (Å²) in [6.45, 7) is 9.48. The summed E-state index contributed by atoms with van der Waals surface area (Å²) in [6.07, 6.45) is 4.89. The number of carbonyl (C=O) groups excluding carboxylic acids is 1. The van der Waals surface area contributed by atoms with Gasteiger partial charge in [0.25, 0.3) is 0 Å². The molecule has 2 N–H and O–H groups in total. The number of nitrogens with zero attached hydrogens (tertiary/aromatic N) is 6. The van der Waals surface area contributed by atoms with Gasteiger partial charge in [-0.15, -0.1) is 0 Å². The Morgan fingerprint density at radius 2 is 1.65 bits per heavy atom. The zero-order chi connectivity index (χ0) is 46.8. The van der Waals surface area contributed by atoms with Crippen LogP contribution >= 0.6 is 23.2 Å². The van der Waals surface area contributed by atoms with Crippen LogP contribution in [0.25, 0.3) is 11.3 Å². The monoisotopic (exact) mass is 940 g/mol. The predicted octanol–water partition coefficient (Wildman–Crippen LogP) is 7.15. The van der Waals surface area contributed by atoms with Gasteiger partial charge in [-0.25, -0.2) is 4.98 Å². The summed E-state index contributed by atoms with van der Waals surface area (Å²) >= 11 is 13.2. The SMILES string of the molecule is CCC12C(=O)C34C5C[C@H](Cc6ccc(Cl)cc6)N(C)C3[C@@H](COC)NC4[C@H](C)N(Cc3ccc(Cl)cc3Oc3ccc(-c4cnc(CN(C)C)n4C)cc3)C1C[C@@H](OC)C2N(C)[C@@H](C)CN5. The number of halogens is 2. The number of hydrogen-bond donors (Lipinski definition) is 2. The maximum absolute atomic E-state index is 17.1. The van der Waals surface area contributed by atoms with E-state index >= 15 is 4.79 Å². The van der Waals surface area contributed by atoms with Crippen molar-refractivity contribution in [2.45, 2.75) is 120 Å². The minimum Gasteiger partial charge on any atom is -0.457 e. The Balaban J connectivity index is 1.13. The number of methoxy groups -OCH3 is 2. The molecule has 14 heteroatoms. The first-order valence-electron chi connectivity index (χ1n) is 23.9. The molecule has 356 valence electrons. The lowest BCUT2D eigenvalue weighted by molar-refractivity contribution is -0.155. The molecule has 1 aromatic heterocycles. The van der Waals surface area contributed by atoms with E-state index in [-0.39, 0.29) is 60.5 Å². The van der Waals surface area contributed by atoms with Crippen molar-refractivity contribution in [2.24, 2.45) is 17.9 Å². The van der Waals surface area contributed by atoms with Crippen LogP contribution in [0, 0.1) is 10.8 Å².